The number of hydrogen-bond donors (Lipinski definition) is 1. The number of ether oxygens (including phenoxy) is 1. The molecule has 0 radical (unpaired) electrons. The lowest BCUT2D eigenvalue weighted by atomic mass is 9.96. The van der Waals surface area contributed by atoms with Gasteiger partial charge < -0.3 is 9.84 Å². The largest absolute Gasteiger partial charge is 0.465 e. The molecule has 86 valence electrons. The molecule has 0 unspecified atom stereocenters. The molecule has 1 aromatic carbocycles. The zero-order valence-corrected chi connectivity index (χ0v) is 9.30. The van der Waals surface area contributed by atoms with Crippen LogP contribution in [0.3, 0.4) is 0 Å². The second kappa shape index (κ2) is 6.08. The monoisotopic (exact) mass is 220 g/mol. The SMILES string of the molecule is C=C[C@@H](C(=O)OCC)[C@@H](O)c1ccccc1. The summed E-state index contributed by atoms with van der Waals surface area (Å²) >= 11 is 0. The molecule has 0 spiro atoms. The standard InChI is InChI=1S/C13H16O3/c1-3-11(13(15)16-4-2)12(14)10-8-6-5-7-9-10/h3,5-9,11-12,14H,1,4H2,2H3/t11-,12+/m1/s1. The summed E-state index contributed by atoms with van der Waals surface area (Å²) in [7, 11) is 0. The van der Waals surface area contributed by atoms with E-state index in [1.54, 1.807) is 19.1 Å². The molecule has 0 aliphatic heterocycles. The van der Waals surface area contributed by atoms with Gasteiger partial charge in [0, 0.05) is 0 Å². The number of esters is 1. The fraction of sp³-hybridized carbons (Fsp3) is 0.308. The second-order valence-electron chi connectivity index (χ2n) is 3.37. The van der Waals surface area contributed by atoms with Gasteiger partial charge in [-0.3, -0.25) is 4.79 Å². The predicted molar refractivity (Wildman–Crippen MR) is 61.7 cm³/mol. The molecule has 3 nitrogen and oxygen atoms in total. The van der Waals surface area contributed by atoms with Crippen molar-refractivity contribution in [3.05, 3.63) is 48.6 Å². The molecule has 0 amide bonds. The van der Waals surface area contributed by atoms with Gasteiger partial charge >= 0.3 is 5.97 Å². The van der Waals surface area contributed by atoms with Crippen molar-refractivity contribution in [2.45, 2.75) is 13.0 Å². The molecular weight excluding hydrogens is 204 g/mol. The molecule has 0 heterocycles. The fourth-order valence-corrected chi connectivity index (χ4v) is 1.45. The number of benzene rings is 1. The van der Waals surface area contributed by atoms with Crippen LogP contribution >= 0.6 is 0 Å². The minimum absolute atomic E-state index is 0.296. The van der Waals surface area contributed by atoms with Crippen LogP contribution < -0.4 is 0 Å². The Hall–Kier alpha value is -1.61. The van der Waals surface area contributed by atoms with E-state index >= 15 is 0 Å². The zero-order valence-electron chi connectivity index (χ0n) is 9.30. The highest BCUT2D eigenvalue weighted by molar-refractivity contribution is 5.75. The van der Waals surface area contributed by atoms with E-state index in [2.05, 4.69) is 6.58 Å². The maximum absolute atomic E-state index is 11.5. The maximum atomic E-state index is 11.5. The lowest BCUT2D eigenvalue weighted by Crippen LogP contribution is -2.22. The molecule has 0 fully saturated rings. The van der Waals surface area contributed by atoms with Gasteiger partial charge in [-0.05, 0) is 12.5 Å². The van der Waals surface area contributed by atoms with E-state index in [0.29, 0.717) is 12.2 Å². The summed E-state index contributed by atoms with van der Waals surface area (Å²) in [5.41, 5.74) is 0.681. The molecule has 0 aliphatic carbocycles. The highest BCUT2D eigenvalue weighted by Crippen LogP contribution is 2.23. The zero-order chi connectivity index (χ0) is 12.0. The van der Waals surface area contributed by atoms with Crippen molar-refractivity contribution in [1.82, 2.24) is 0 Å². The Morgan fingerprint density at radius 3 is 2.62 bits per heavy atom. The van der Waals surface area contributed by atoms with E-state index in [-0.39, 0.29) is 0 Å². The number of hydrogen-bond acceptors (Lipinski definition) is 3. The Morgan fingerprint density at radius 1 is 1.50 bits per heavy atom. The average molecular weight is 220 g/mol. The third-order valence-electron chi connectivity index (χ3n) is 2.29. The van der Waals surface area contributed by atoms with Crippen LogP contribution in [-0.2, 0) is 9.53 Å². The number of aliphatic hydroxyl groups excluding tert-OH is 1. The van der Waals surface area contributed by atoms with Crippen LogP contribution in [0.5, 0.6) is 0 Å². The topological polar surface area (TPSA) is 46.5 Å². The van der Waals surface area contributed by atoms with Gasteiger partial charge in [-0.1, -0.05) is 36.4 Å². The van der Waals surface area contributed by atoms with Crippen molar-refractivity contribution in [2.24, 2.45) is 5.92 Å². The van der Waals surface area contributed by atoms with Crippen LogP contribution in [0.2, 0.25) is 0 Å². The predicted octanol–water partition coefficient (Wildman–Crippen LogP) is 2.09. The number of aliphatic hydroxyl groups is 1. The molecule has 1 aromatic rings. The van der Waals surface area contributed by atoms with E-state index in [9.17, 15) is 9.90 Å². The summed E-state index contributed by atoms with van der Waals surface area (Å²) in [5, 5.41) is 10.0. The number of carbonyl (C=O) groups excluding carboxylic acids is 1. The van der Waals surface area contributed by atoms with Crippen LogP contribution in [0, 0.1) is 5.92 Å². The van der Waals surface area contributed by atoms with E-state index in [0.717, 1.165) is 0 Å². The van der Waals surface area contributed by atoms with Crippen LogP contribution in [0.15, 0.2) is 43.0 Å². The van der Waals surface area contributed by atoms with Crippen molar-refractivity contribution in [1.29, 1.82) is 0 Å². The van der Waals surface area contributed by atoms with E-state index < -0.39 is 18.0 Å². The summed E-state index contributed by atoms with van der Waals surface area (Å²) in [6.07, 6.45) is 0.508. The summed E-state index contributed by atoms with van der Waals surface area (Å²) in [4.78, 5) is 11.5. The Kier molecular flexibility index (Phi) is 4.73. The first-order valence-corrected chi connectivity index (χ1v) is 5.23. The highest BCUT2D eigenvalue weighted by atomic mass is 16.5. The quantitative estimate of drug-likeness (QED) is 0.610. The first-order chi connectivity index (χ1) is 7.70. The lowest BCUT2D eigenvalue weighted by molar-refractivity contribution is -0.149. The molecule has 2 atom stereocenters. The Labute approximate surface area is 95.4 Å². The third kappa shape index (κ3) is 2.94. The Morgan fingerprint density at radius 2 is 2.12 bits per heavy atom. The first kappa shape index (κ1) is 12.5. The van der Waals surface area contributed by atoms with Gasteiger partial charge in [0.05, 0.1) is 12.7 Å². The van der Waals surface area contributed by atoms with E-state index in [1.165, 1.54) is 6.08 Å². The van der Waals surface area contributed by atoms with Gasteiger partial charge in [0.15, 0.2) is 0 Å². The van der Waals surface area contributed by atoms with Gasteiger partial charge in [0.1, 0.15) is 5.92 Å². The second-order valence-corrected chi connectivity index (χ2v) is 3.37. The molecule has 0 saturated carbocycles. The van der Waals surface area contributed by atoms with E-state index in [1.807, 2.05) is 18.2 Å². The summed E-state index contributed by atoms with van der Waals surface area (Å²) < 4.78 is 4.87. The third-order valence-corrected chi connectivity index (χ3v) is 2.29. The van der Waals surface area contributed by atoms with Crippen molar-refractivity contribution in [2.75, 3.05) is 6.61 Å². The van der Waals surface area contributed by atoms with Gasteiger partial charge in [-0.25, -0.2) is 0 Å². The van der Waals surface area contributed by atoms with Gasteiger partial charge in [0.2, 0.25) is 0 Å². The van der Waals surface area contributed by atoms with E-state index in [4.69, 9.17) is 4.74 Å². The highest BCUT2D eigenvalue weighted by Gasteiger charge is 2.26. The molecule has 1 rings (SSSR count). The summed E-state index contributed by atoms with van der Waals surface area (Å²) in [6, 6.07) is 9.00. The first-order valence-electron chi connectivity index (χ1n) is 5.23. The Balaban J connectivity index is 2.81. The van der Waals surface area contributed by atoms with Gasteiger partial charge in [-0.15, -0.1) is 6.58 Å². The van der Waals surface area contributed by atoms with Crippen molar-refractivity contribution in [3.8, 4) is 0 Å². The van der Waals surface area contributed by atoms with Gasteiger partial charge in [-0.2, -0.15) is 0 Å². The van der Waals surface area contributed by atoms with Crippen molar-refractivity contribution >= 4 is 5.97 Å². The van der Waals surface area contributed by atoms with Crippen molar-refractivity contribution < 1.29 is 14.6 Å². The minimum atomic E-state index is -0.905. The maximum Gasteiger partial charge on any atom is 0.315 e. The molecule has 1 N–H and O–H groups in total. The molecule has 0 aromatic heterocycles. The van der Waals surface area contributed by atoms with Crippen LogP contribution in [0.4, 0.5) is 0 Å². The fourth-order valence-electron chi connectivity index (χ4n) is 1.45. The van der Waals surface area contributed by atoms with Crippen LogP contribution in [-0.4, -0.2) is 17.7 Å². The molecule has 0 bridgehead atoms. The van der Waals surface area contributed by atoms with Crippen LogP contribution in [0.25, 0.3) is 0 Å². The summed E-state index contributed by atoms with van der Waals surface area (Å²) in [5.74, 6) is -1.17. The number of carbonyl (C=O) groups is 1. The number of rotatable bonds is 5. The van der Waals surface area contributed by atoms with Crippen molar-refractivity contribution in [3.63, 3.8) is 0 Å². The lowest BCUT2D eigenvalue weighted by Gasteiger charge is -2.18. The minimum Gasteiger partial charge on any atom is -0.465 e. The average Bonchev–Trinajstić information content (AvgIpc) is 2.31. The summed E-state index contributed by atoms with van der Waals surface area (Å²) in [6.45, 7) is 5.58. The molecule has 0 saturated heterocycles. The smallest absolute Gasteiger partial charge is 0.315 e. The molecule has 0 aliphatic rings. The van der Waals surface area contributed by atoms with Crippen LogP contribution in [0.1, 0.15) is 18.6 Å². The molecular formula is C13H16O3. The van der Waals surface area contributed by atoms with Gasteiger partial charge in [0.25, 0.3) is 0 Å². The molecule has 16 heavy (non-hydrogen) atoms. The Bertz CT molecular complexity index is 345. The normalized spacial score (nSPS) is 13.9. The molecule has 3 heteroatoms.